The van der Waals surface area contributed by atoms with Gasteiger partial charge in [-0.25, -0.2) is 72.8 Å². The second-order valence-corrected chi connectivity index (χ2v) is 13.6. The minimum absolute atomic E-state index is 0.0877. The van der Waals surface area contributed by atoms with Crippen molar-refractivity contribution in [1.82, 2.24) is 39.5 Å². The number of nitrogens with zero attached hydrogens (tertiary/aromatic N) is 7. The summed E-state index contributed by atoms with van der Waals surface area (Å²) in [5, 5.41) is 81.7. The van der Waals surface area contributed by atoms with Gasteiger partial charge < -0.3 is 45.8 Å². The molecular formula is C40H18N8O16. The molecule has 0 spiro atoms. The Labute approximate surface area is 349 Å². The molecule has 7 aromatic rings. The number of carboxylic acid groups (broad SMARTS) is 8. The van der Waals surface area contributed by atoms with E-state index < -0.39 is 137 Å². The zero-order chi connectivity index (χ0) is 45.8. The zero-order valence-electron chi connectivity index (χ0n) is 31.2. The number of aromatic carboxylic acids is 7. The highest BCUT2D eigenvalue weighted by molar-refractivity contribution is 6.29. The Balaban J connectivity index is 1.66. The van der Waals surface area contributed by atoms with Gasteiger partial charge in [0, 0.05) is 43.8 Å². The largest absolute Gasteiger partial charge is 0.478 e. The molecule has 0 saturated carbocycles. The molecule has 0 saturated heterocycles. The number of H-pyrrole nitrogens is 1. The second kappa shape index (κ2) is 13.8. The van der Waals surface area contributed by atoms with Gasteiger partial charge in [0.2, 0.25) is 0 Å². The summed E-state index contributed by atoms with van der Waals surface area (Å²) in [6, 6.07) is 12.7. The first-order valence-electron chi connectivity index (χ1n) is 17.8. The van der Waals surface area contributed by atoms with E-state index in [1.54, 1.807) is 6.07 Å². The van der Waals surface area contributed by atoms with Crippen molar-refractivity contribution in [3.63, 3.8) is 0 Å². The highest BCUT2D eigenvalue weighted by atomic mass is 16.4. The van der Waals surface area contributed by atoms with Gasteiger partial charge in [0.25, 0.3) is 0 Å². The van der Waals surface area contributed by atoms with Gasteiger partial charge in [-0.1, -0.05) is 48.5 Å². The van der Waals surface area contributed by atoms with Gasteiger partial charge >= 0.3 is 47.9 Å². The van der Waals surface area contributed by atoms with Crippen LogP contribution in [0.1, 0.15) is 72.5 Å². The summed E-state index contributed by atoms with van der Waals surface area (Å²) in [6.07, 6.45) is -1.68. The molecule has 24 heteroatoms. The van der Waals surface area contributed by atoms with Crippen LogP contribution in [0.4, 0.5) is 4.79 Å². The molecule has 0 amide bonds. The van der Waals surface area contributed by atoms with E-state index in [0.29, 0.717) is 10.6 Å². The first-order chi connectivity index (χ1) is 30.4. The van der Waals surface area contributed by atoms with Crippen LogP contribution >= 0.6 is 0 Å². The van der Waals surface area contributed by atoms with Crippen LogP contribution in [-0.4, -0.2) is 128 Å². The van der Waals surface area contributed by atoms with Crippen molar-refractivity contribution >= 4 is 92.0 Å². The van der Waals surface area contributed by atoms with E-state index in [4.69, 9.17) is 0 Å². The predicted octanol–water partition coefficient (Wildman–Crippen LogP) is 4.76. The Kier molecular flexibility index (Phi) is 8.49. The number of hydrogen-bond acceptors (Lipinski definition) is 14. The fourth-order valence-electron chi connectivity index (χ4n) is 7.86. The average Bonchev–Trinajstić information content (AvgIpc) is 3.96. The van der Waals surface area contributed by atoms with Crippen LogP contribution in [0.5, 0.6) is 0 Å². The van der Waals surface area contributed by atoms with E-state index in [1.807, 2.05) is 0 Å². The Hall–Kier alpha value is -10.0. The summed E-state index contributed by atoms with van der Waals surface area (Å²) in [7, 11) is 0. The fraction of sp³-hybridized carbons (Fsp3) is 0. The Bertz CT molecular complexity index is 3670. The minimum Gasteiger partial charge on any atom is -0.478 e. The van der Waals surface area contributed by atoms with E-state index in [-0.39, 0.29) is 39.2 Å². The number of rotatable bonds is 7. The summed E-state index contributed by atoms with van der Waals surface area (Å²) < 4.78 is 0.611. The van der Waals surface area contributed by atoms with Crippen molar-refractivity contribution in [2.45, 2.75) is 0 Å². The molecule has 2 aliphatic heterocycles. The minimum atomic E-state index is -2.22. The van der Waals surface area contributed by atoms with Gasteiger partial charge in [-0.15, -0.1) is 0 Å². The summed E-state index contributed by atoms with van der Waals surface area (Å²) >= 11 is 0. The number of nitrogens with one attached hydrogen (secondary N) is 1. The molecule has 0 atom stereocenters. The molecule has 24 nitrogen and oxygen atoms in total. The Morgan fingerprint density at radius 3 is 1.27 bits per heavy atom. The lowest BCUT2D eigenvalue weighted by molar-refractivity contribution is 0.0622. The lowest BCUT2D eigenvalue weighted by atomic mass is 9.90. The van der Waals surface area contributed by atoms with E-state index >= 15 is 0 Å². The van der Waals surface area contributed by atoms with E-state index in [1.165, 1.54) is 42.5 Å². The molecule has 8 bridgehead atoms. The second-order valence-electron chi connectivity index (χ2n) is 13.6. The third kappa shape index (κ3) is 5.56. The summed E-state index contributed by atoms with van der Waals surface area (Å²) in [6.45, 7) is 0. The number of carbonyl (C=O) groups is 8. The molecule has 2 aliphatic rings. The van der Waals surface area contributed by atoms with Crippen molar-refractivity contribution in [3.05, 3.63) is 93.5 Å². The fourth-order valence-corrected chi connectivity index (χ4v) is 7.86. The molecule has 9 rings (SSSR count). The van der Waals surface area contributed by atoms with Crippen LogP contribution in [-0.2, 0) is 0 Å². The SMILES string of the molecule is O=C(O)c1cc2c(c(C(=O)O)c1C(=O)O)-c1nc-2nc2c3ccccc3c(nc3nc(nc4[nH]c(n1)c1c(C(=O)O)c(C(=O)O)c(C(=O)O)c(C(=O)O)c41)-c1ccccc1-3)n2C(=O)O. The Morgan fingerprint density at radius 1 is 0.422 bits per heavy atom. The van der Waals surface area contributed by atoms with Crippen molar-refractivity contribution in [2.24, 2.45) is 0 Å². The number of fused-ring (bicyclic) bond motifs is 20. The standard InChI is InChI=1S/C40H18N8O16/c49-33(50)15-9-14-16(20(35(53)54)17(15)34(51)52)28-43-27(14)47-32-13-8-4-3-7-12(13)31(48(32)40(63)64)46-26-11-6-2-1-5-10(11)25(41-26)42-29-18-19(30(44-28)45-29)22(37(57)58)24(39(61)62)23(38(59)60)21(18)36(55)56/h1-9H,(H,49,50)(H,51,52)(H,53,54)(H,55,56)(H,57,58)(H,59,60)(H,61,62)(H,63,64)(H,41,42,43,44,45,46,47). The maximum atomic E-state index is 13.2. The topological polar surface area (TPSA) is 396 Å². The molecule has 64 heavy (non-hydrogen) atoms. The third-order valence-corrected chi connectivity index (χ3v) is 10.2. The van der Waals surface area contributed by atoms with Crippen LogP contribution in [0.3, 0.4) is 0 Å². The van der Waals surface area contributed by atoms with Crippen molar-refractivity contribution in [2.75, 3.05) is 0 Å². The quantitative estimate of drug-likeness (QED) is 0.104. The van der Waals surface area contributed by atoms with Gasteiger partial charge in [-0.2, -0.15) is 0 Å². The van der Waals surface area contributed by atoms with E-state index in [0.717, 1.165) is 0 Å². The van der Waals surface area contributed by atoms with Crippen LogP contribution in [0, 0.1) is 0 Å². The van der Waals surface area contributed by atoms with Crippen LogP contribution in [0.15, 0.2) is 54.6 Å². The molecular weight excluding hydrogens is 848 g/mol. The molecule has 9 N–H and O–H groups in total. The molecule has 0 radical (unpaired) electrons. The summed E-state index contributed by atoms with van der Waals surface area (Å²) in [5.41, 5.74) is -12.7. The van der Waals surface area contributed by atoms with Gasteiger partial charge in [-0.05, 0) is 6.07 Å². The van der Waals surface area contributed by atoms with Crippen molar-refractivity contribution < 1.29 is 79.2 Å². The maximum absolute atomic E-state index is 13.2. The number of carboxylic acids is 7. The molecule has 0 fully saturated rings. The molecule has 5 heterocycles. The zero-order valence-corrected chi connectivity index (χ0v) is 31.2. The molecule has 314 valence electrons. The highest BCUT2D eigenvalue weighted by Crippen LogP contribution is 2.43. The number of benzene rings is 4. The van der Waals surface area contributed by atoms with Gasteiger partial charge in [0.15, 0.2) is 34.6 Å². The lowest BCUT2D eigenvalue weighted by Gasteiger charge is -2.12. The van der Waals surface area contributed by atoms with Crippen molar-refractivity contribution in [1.29, 1.82) is 0 Å². The van der Waals surface area contributed by atoms with Crippen LogP contribution in [0.25, 0.3) is 89.7 Å². The molecule has 3 aromatic heterocycles. The molecule has 4 aromatic carbocycles. The smallest absolute Gasteiger partial charge is 0.418 e. The van der Waals surface area contributed by atoms with Gasteiger partial charge in [0.1, 0.15) is 11.3 Å². The monoisotopic (exact) mass is 866 g/mol. The van der Waals surface area contributed by atoms with E-state index in [2.05, 4.69) is 34.9 Å². The Morgan fingerprint density at radius 2 is 0.828 bits per heavy atom. The maximum Gasteiger partial charge on any atom is 0.418 e. The van der Waals surface area contributed by atoms with E-state index in [9.17, 15) is 79.2 Å². The van der Waals surface area contributed by atoms with Crippen molar-refractivity contribution in [3.8, 4) is 45.6 Å². The first kappa shape index (κ1) is 39.5. The summed E-state index contributed by atoms with van der Waals surface area (Å²) in [4.78, 5) is 132. The highest BCUT2D eigenvalue weighted by Gasteiger charge is 2.38. The van der Waals surface area contributed by atoms with Gasteiger partial charge in [-0.3, -0.25) is 0 Å². The number of aromatic amines is 1. The predicted molar refractivity (Wildman–Crippen MR) is 212 cm³/mol. The molecule has 0 unspecified atom stereocenters. The molecule has 0 aliphatic carbocycles. The normalized spacial score (nSPS) is 11.5. The first-order valence-corrected chi connectivity index (χ1v) is 17.8. The summed E-state index contributed by atoms with van der Waals surface area (Å²) in [5.74, 6) is -16.8. The van der Waals surface area contributed by atoms with Crippen LogP contribution < -0.4 is 0 Å². The third-order valence-electron chi connectivity index (χ3n) is 10.2. The number of hydrogen-bond donors (Lipinski definition) is 9. The van der Waals surface area contributed by atoms with Gasteiger partial charge in [0.05, 0.1) is 38.9 Å². The average molecular weight is 867 g/mol. The number of aromatic nitrogens is 8. The van der Waals surface area contributed by atoms with Crippen LogP contribution in [0.2, 0.25) is 0 Å². The lowest BCUT2D eigenvalue weighted by Crippen LogP contribution is -2.20.